The molecule has 1 aromatic rings. The number of carboxylic acid groups (broad SMARTS) is 1. The van der Waals surface area contributed by atoms with Crippen molar-refractivity contribution >= 4 is 5.97 Å². The Morgan fingerprint density at radius 2 is 1.76 bits per heavy atom. The van der Waals surface area contributed by atoms with Gasteiger partial charge >= 0.3 is 5.97 Å². The molecule has 0 fully saturated rings. The van der Waals surface area contributed by atoms with Crippen LogP contribution in [0.3, 0.4) is 0 Å². The summed E-state index contributed by atoms with van der Waals surface area (Å²) in [7, 11) is 0. The fourth-order valence-corrected chi connectivity index (χ4v) is 4.64. The van der Waals surface area contributed by atoms with Crippen LogP contribution in [0.5, 0.6) is 11.5 Å². The number of ether oxygens (including phenoxy) is 2. The fourth-order valence-electron chi connectivity index (χ4n) is 4.64. The maximum Gasteiger partial charge on any atom is 0.303 e. The number of unbranched alkanes of at least 4 members (excludes halogenated alkanes) is 8. The lowest BCUT2D eigenvalue weighted by Crippen LogP contribution is -2.35. The zero-order chi connectivity index (χ0) is 25.0. The van der Waals surface area contributed by atoms with Gasteiger partial charge in [0.15, 0.2) is 0 Å². The van der Waals surface area contributed by atoms with Gasteiger partial charge < -0.3 is 14.6 Å². The molecule has 1 aromatic carbocycles. The van der Waals surface area contributed by atoms with Crippen molar-refractivity contribution in [1.29, 1.82) is 5.26 Å². The molecule has 1 unspecified atom stereocenters. The zero-order valence-electron chi connectivity index (χ0n) is 21.7. The second-order valence-electron chi connectivity index (χ2n) is 9.85. The van der Waals surface area contributed by atoms with Gasteiger partial charge in [-0.2, -0.15) is 5.26 Å². The molecule has 1 atom stereocenters. The molecule has 5 heteroatoms. The highest BCUT2D eigenvalue weighted by Crippen LogP contribution is 2.44. The van der Waals surface area contributed by atoms with Gasteiger partial charge in [-0.15, -0.1) is 0 Å². The second-order valence-corrected chi connectivity index (χ2v) is 9.85. The Balaban J connectivity index is 1.91. The van der Waals surface area contributed by atoms with Crippen molar-refractivity contribution in [2.75, 3.05) is 6.61 Å². The van der Waals surface area contributed by atoms with E-state index in [0.717, 1.165) is 86.8 Å². The van der Waals surface area contributed by atoms with Crippen LogP contribution in [0.1, 0.15) is 106 Å². The van der Waals surface area contributed by atoms with Crippen LogP contribution in [0.4, 0.5) is 0 Å². The number of nitrogens with zero attached hydrogens (tertiary/aromatic N) is 1. The van der Waals surface area contributed by atoms with Crippen LogP contribution in [0, 0.1) is 32.1 Å². The van der Waals surface area contributed by atoms with E-state index in [2.05, 4.69) is 45.9 Å². The van der Waals surface area contributed by atoms with Gasteiger partial charge in [0.25, 0.3) is 0 Å². The normalized spacial score (nSPS) is 17.3. The van der Waals surface area contributed by atoms with E-state index >= 15 is 0 Å². The molecule has 1 N–H and O–H groups in total. The van der Waals surface area contributed by atoms with Gasteiger partial charge in [-0.1, -0.05) is 31.8 Å². The first-order valence-electron chi connectivity index (χ1n) is 13.0. The molecule has 0 aliphatic carbocycles. The second kappa shape index (κ2) is 14.0. The van der Waals surface area contributed by atoms with Crippen molar-refractivity contribution in [3.8, 4) is 17.6 Å². The van der Waals surface area contributed by atoms with Crippen molar-refractivity contribution in [1.82, 2.24) is 0 Å². The van der Waals surface area contributed by atoms with Crippen LogP contribution in [0.2, 0.25) is 0 Å². The van der Waals surface area contributed by atoms with E-state index in [9.17, 15) is 4.79 Å². The third-order valence-corrected chi connectivity index (χ3v) is 6.93. The number of hydrogen-bond donors (Lipinski definition) is 1. The highest BCUT2D eigenvalue weighted by Gasteiger charge is 2.32. The van der Waals surface area contributed by atoms with Crippen LogP contribution in [0.15, 0.2) is 12.2 Å². The summed E-state index contributed by atoms with van der Waals surface area (Å²) in [5.41, 5.74) is 4.48. The third-order valence-electron chi connectivity index (χ3n) is 6.93. The predicted octanol–water partition coefficient (Wildman–Crippen LogP) is 7.53. The molecule has 0 bridgehead atoms. The number of aliphatic carboxylic acids is 1. The first-order chi connectivity index (χ1) is 16.3. The molecule has 0 aromatic heterocycles. The van der Waals surface area contributed by atoms with Crippen molar-refractivity contribution < 1.29 is 19.4 Å². The summed E-state index contributed by atoms with van der Waals surface area (Å²) in [6, 6.07) is 2.21. The lowest BCUT2D eigenvalue weighted by molar-refractivity contribution is -0.137. The third kappa shape index (κ3) is 8.38. The number of rotatable bonds is 15. The van der Waals surface area contributed by atoms with E-state index < -0.39 is 5.97 Å². The van der Waals surface area contributed by atoms with Crippen LogP contribution in [0.25, 0.3) is 0 Å². The van der Waals surface area contributed by atoms with Crippen molar-refractivity contribution in [2.24, 2.45) is 0 Å². The SMILES string of the molecule is Cc1c(C)c2c(c(C)c1OCCCCCCC(=O)O)CCC(C)(/C=C/CCCCCCC#N)O2. The fraction of sp³-hybridized carbons (Fsp3) is 0.655. The largest absolute Gasteiger partial charge is 0.493 e. The molecule has 1 aliphatic rings. The van der Waals surface area contributed by atoms with Crippen LogP contribution < -0.4 is 9.47 Å². The van der Waals surface area contributed by atoms with Gasteiger partial charge in [-0.05, 0) is 95.4 Å². The summed E-state index contributed by atoms with van der Waals surface area (Å²) in [6.07, 6.45) is 16.5. The summed E-state index contributed by atoms with van der Waals surface area (Å²) in [4.78, 5) is 10.6. The summed E-state index contributed by atoms with van der Waals surface area (Å²) in [5, 5.41) is 17.3. The Hall–Kier alpha value is -2.48. The first-order valence-corrected chi connectivity index (χ1v) is 13.0. The van der Waals surface area contributed by atoms with Crippen LogP contribution in [-0.2, 0) is 11.2 Å². The minimum Gasteiger partial charge on any atom is -0.493 e. The highest BCUT2D eigenvalue weighted by atomic mass is 16.5. The summed E-state index contributed by atoms with van der Waals surface area (Å²) in [5.74, 6) is 1.29. The molecular weight excluding hydrogens is 426 g/mol. The Morgan fingerprint density at radius 3 is 2.50 bits per heavy atom. The van der Waals surface area contributed by atoms with E-state index in [0.29, 0.717) is 13.0 Å². The number of carbonyl (C=O) groups is 1. The number of fused-ring (bicyclic) bond motifs is 1. The number of benzene rings is 1. The number of nitriles is 1. The lowest BCUT2D eigenvalue weighted by atomic mass is 9.86. The predicted molar refractivity (Wildman–Crippen MR) is 137 cm³/mol. The maximum atomic E-state index is 10.6. The molecule has 1 aliphatic heterocycles. The molecule has 0 saturated carbocycles. The molecule has 0 radical (unpaired) electrons. The Kier molecular flexibility index (Phi) is 11.5. The summed E-state index contributed by atoms with van der Waals surface area (Å²) >= 11 is 0. The molecule has 2 rings (SSSR count). The topological polar surface area (TPSA) is 79.5 Å². The Morgan fingerprint density at radius 1 is 1.06 bits per heavy atom. The molecule has 188 valence electrons. The lowest BCUT2D eigenvalue weighted by Gasteiger charge is -2.36. The summed E-state index contributed by atoms with van der Waals surface area (Å²) in [6.45, 7) is 9.22. The standard InChI is InChI=1S/C29H43NO4/c1-22-23(2)28-25(24(3)27(22)33-21-15-11-8-12-16-26(31)32)17-19-29(4,34-28)18-13-9-6-5-7-10-14-20-30/h13,18H,5-12,14-17,19,21H2,1-4H3,(H,31,32)/b18-13+. The van der Waals surface area contributed by atoms with E-state index in [4.69, 9.17) is 19.8 Å². The average Bonchev–Trinajstić information content (AvgIpc) is 2.80. The van der Waals surface area contributed by atoms with Crippen LogP contribution in [-0.4, -0.2) is 23.3 Å². The van der Waals surface area contributed by atoms with E-state index in [1.165, 1.54) is 17.5 Å². The van der Waals surface area contributed by atoms with E-state index in [1.807, 2.05) is 0 Å². The molecule has 0 saturated heterocycles. The molecule has 5 nitrogen and oxygen atoms in total. The average molecular weight is 470 g/mol. The Labute approximate surface area is 206 Å². The van der Waals surface area contributed by atoms with Crippen molar-refractivity contribution in [3.63, 3.8) is 0 Å². The van der Waals surface area contributed by atoms with Gasteiger partial charge in [0, 0.05) is 18.4 Å². The molecule has 34 heavy (non-hydrogen) atoms. The zero-order valence-corrected chi connectivity index (χ0v) is 21.7. The first kappa shape index (κ1) is 27.8. The number of hydrogen-bond acceptors (Lipinski definition) is 4. The monoisotopic (exact) mass is 469 g/mol. The maximum absolute atomic E-state index is 10.6. The minimum absolute atomic E-state index is 0.251. The highest BCUT2D eigenvalue weighted by molar-refractivity contribution is 5.66. The van der Waals surface area contributed by atoms with Gasteiger partial charge in [-0.3, -0.25) is 4.79 Å². The molecule has 0 spiro atoms. The number of allylic oxidation sites excluding steroid dienone is 1. The Bertz CT molecular complexity index is 883. The van der Waals surface area contributed by atoms with Gasteiger partial charge in [-0.25, -0.2) is 0 Å². The number of carboxylic acids is 1. The molecule has 1 heterocycles. The van der Waals surface area contributed by atoms with Crippen LogP contribution >= 0.6 is 0 Å². The van der Waals surface area contributed by atoms with Crippen molar-refractivity contribution in [2.45, 2.75) is 117 Å². The smallest absolute Gasteiger partial charge is 0.303 e. The van der Waals surface area contributed by atoms with Gasteiger partial charge in [0.2, 0.25) is 0 Å². The quantitative estimate of drug-likeness (QED) is 0.212. The van der Waals surface area contributed by atoms with E-state index in [-0.39, 0.29) is 12.0 Å². The summed E-state index contributed by atoms with van der Waals surface area (Å²) < 4.78 is 12.8. The van der Waals surface area contributed by atoms with Gasteiger partial charge in [0.1, 0.15) is 17.1 Å². The van der Waals surface area contributed by atoms with Gasteiger partial charge in [0.05, 0.1) is 12.7 Å². The molecule has 0 amide bonds. The van der Waals surface area contributed by atoms with E-state index in [1.54, 1.807) is 0 Å². The minimum atomic E-state index is -0.718. The van der Waals surface area contributed by atoms with Crippen molar-refractivity contribution in [3.05, 3.63) is 34.4 Å². The molecular formula is C29H43NO4.